The van der Waals surface area contributed by atoms with Gasteiger partial charge >= 0.3 is 0 Å². The van der Waals surface area contributed by atoms with Crippen LogP contribution in [0.2, 0.25) is 0 Å². The largest absolute Gasteiger partial charge is 0.355 e. The van der Waals surface area contributed by atoms with E-state index >= 15 is 0 Å². The number of aromatic nitrogens is 8. The van der Waals surface area contributed by atoms with Gasteiger partial charge in [0.2, 0.25) is 0 Å². The second kappa shape index (κ2) is 13.7. The quantitative estimate of drug-likeness (QED) is 0.175. The fourth-order valence-corrected chi connectivity index (χ4v) is 7.16. The summed E-state index contributed by atoms with van der Waals surface area (Å²) in [6.07, 6.45) is 13.8. The summed E-state index contributed by atoms with van der Waals surface area (Å²) in [4.78, 5) is 36.2. The predicted octanol–water partition coefficient (Wildman–Crippen LogP) is 9.89. The van der Waals surface area contributed by atoms with Crippen molar-refractivity contribution in [1.29, 1.82) is 0 Å². The molecule has 0 amide bonds. The van der Waals surface area contributed by atoms with E-state index < -0.39 is 0 Å². The summed E-state index contributed by atoms with van der Waals surface area (Å²) in [5, 5.41) is 0. The van der Waals surface area contributed by atoms with Crippen molar-refractivity contribution < 1.29 is 17.1 Å². The van der Waals surface area contributed by atoms with Crippen LogP contribution in [0, 0.1) is 27.7 Å². The van der Waals surface area contributed by atoms with Crippen LogP contribution < -0.4 is 0 Å². The van der Waals surface area contributed by atoms with Gasteiger partial charge in [-0.15, -0.1) is 0 Å². The molecule has 0 spiro atoms. The first-order valence-corrected chi connectivity index (χ1v) is 17.2. The van der Waals surface area contributed by atoms with Crippen molar-refractivity contribution in [1.82, 2.24) is 39.9 Å². The van der Waals surface area contributed by atoms with Gasteiger partial charge in [0.1, 0.15) is 0 Å². The van der Waals surface area contributed by atoms with Gasteiger partial charge < -0.3 is 9.97 Å². The van der Waals surface area contributed by atoms with E-state index in [2.05, 4.69) is 121 Å². The molecule has 0 aliphatic carbocycles. The van der Waals surface area contributed by atoms with E-state index in [9.17, 15) is 0 Å². The van der Waals surface area contributed by atoms with Crippen molar-refractivity contribution in [2.45, 2.75) is 27.7 Å². The number of fused-ring (bicyclic) bond motifs is 8. The van der Waals surface area contributed by atoms with Crippen molar-refractivity contribution in [3.8, 4) is 33.4 Å². The second-order valence-corrected chi connectivity index (χ2v) is 13.3. The molecule has 8 nitrogen and oxygen atoms in total. The Morgan fingerprint density at radius 2 is 0.943 bits per heavy atom. The smallest absolute Gasteiger partial charge is 0.0815 e. The minimum absolute atomic E-state index is 0. The molecule has 0 aromatic carbocycles. The van der Waals surface area contributed by atoms with E-state index in [0.717, 1.165) is 112 Å². The predicted molar refractivity (Wildman–Crippen MR) is 210 cm³/mol. The molecule has 9 rings (SSSR count). The van der Waals surface area contributed by atoms with Crippen molar-refractivity contribution >= 4 is 45.9 Å². The van der Waals surface area contributed by atoms with Gasteiger partial charge in [-0.25, -0.2) is 9.97 Å². The zero-order valence-corrected chi connectivity index (χ0v) is 30.8. The van der Waals surface area contributed by atoms with Gasteiger partial charge in [0.05, 0.1) is 28.3 Å². The Hall–Kier alpha value is -6.28. The summed E-state index contributed by atoms with van der Waals surface area (Å²) in [5.41, 5.74) is 19.0. The summed E-state index contributed by atoms with van der Waals surface area (Å²) < 4.78 is 0. The maximum absolute atomic E-state index is 5.45. The maximum atomic E-state index is 5.45. The molecule has 0 unspecified atom stereocenters. The molecule has 2 N–H and O–H groups in total. The molecule has 7 aromatic heterocycles. The first-order valence-electron chi connectivity index (χ1n) is 17.2. The van der Waals surface area contributed by atoms with E-state index in [1.54, 1.807) is 0 Å². The zero-order chi connectivity index (χ0) is 35.3. The third-order valence-electron chi connectivity index (χ3n) is 9.38. The Bertz CT molecular complexity index is 2810. The summed E-state index contributed by atoms with van der Waals surface area (Å²) in [6.45, 7) is 8.09. The molecule has 1 radical (unpaired) electrons. The number of H-pyrrole nitrogens is 2. The summed E-state index contributed by atoms with van der Waals surface area (Å²) in [7, 11) is 0. The average Bonchev–Trinajstić information content (AvgIpc) is 3.93. The molecule has 7 aromatic rings. The standard InChI is InChI=1S/C44H34N8.Mn/c1-25-17-29(9-13-45-25)38-23-37-22-35-6-5-33(49-35)21-34-7-8-36(50-34)24-39-40(30-10-14-46-26(2)18-30)41(31-11-15-47-27(3)19-31)44(52-39)42(43(38)51-37)32-12-16-48-28(4)20-32;/h5-24,49,52H,1-4H3;. The van der Waals surface area contributed by atoms with Crippen molar-refractivity contribution in [2.75, 3.05) is 0 Å². The topological polar surface area (TPSA) is 109 Å². The van der Waals surface area contributed by atoms with Crippen molar-refractivity contribution in [3.63, 3.8) is 0 Å². The molecule has 9 heterocycles. The third kappa shape index (κ3) is 6.53. The number of aryl methyl sites for hydroxylation is 4. The van der Waals surface area contributed by atoms with Crippen LogP contribution in [0.4, 0.5) is 0 Å². The Balaban J connectivity index is 0.00000400. The average molecular weight is 730 g/mol. The van der Waals surface area contributed by atoms with E-state index in [4.69, 9.17) is 9.97 Å². The van der Waals surface area contributed by atoms with Gasteiger partial charge in [-0.2, -0.15) is 0 Å². The normalized spacial score (nSPS) is 12.0. The summed E-state index contributed by atoms with van der Waals surface area (Å²) in [5.74, 6) is 0. The Labute approximate surface area is 317 Å². The molecular weight excluding hydrogens is 695 g/mol. The van der Waals surface area contributed by atoms with Crippen molar-refractivity contribution in [3.05, 3.63) is 155 Å². The molecule has 2 aliphatic rings. The number of rotatable bonds is 4. The monoisotopic (exact) mass is 729 g/mol. The first kappa shape index (κ1) is 33.8. The second-order valence-electron chi connectivity index (χ2n) is 13.3. The minimum atomic E-state index is 0. The Morgan fingerprint density at radius 3 is 1.53 bits per heavy atom. The summed E-state index contributed by atoms with van der Waals surface area (Å²) in [6, 6.07) is 27.3. The molecule has 0 fully saturated rings. The fraction of sp³-hybridized carbons (Fsp3) is 0.0909. The van der Waals surface area contributed by atoms with Crippen LogP contribution in [0.1, 0.15) is 51.1 Å². The van der Waals surface area contributed by atoms with Crippen LogP contribution in [0.3, 0.4) is 0 Å². The van der Waals surface area contributed by atoms with E-state index in [-0.39, 0.29) is 17.1 Å². The molecule has 9 heteroatoms. The van der Waals surface area contributed by atoms with Crippen LogP contribution in [0.25, 0.3) is 79.2 Å². The number of aromatic amines is 2. The molecule has 0 atom stereocenters. The van der Waals surface area contributed by atoms with Gasteiger partial charge in [-0.3, -0.25) is 19.9 Å². The zero-order valence-electron chi connectivity index (χ0n) is 29.6. The van der Waals surface area contributed by atoms with E-state index in [0.29, 0.717) is 0 Å². The number of hydrogen-bond donors (Lipinski definition) is 2. The summed E-state index contributed by atoms with van der Waals surface area (Å²) >= 11 is 0. The Morgan fingerprint density at radius 1 is 0.453 bits per heavy atom. The van der Waals surface area contributed by atoms with Crippen LogP contribution in [0.5, 0.6) is 0 Å². The number of hydrogen-bond acceptors (Lipinski definition) is 6. The molecule has 53 heavy (non-hydrogen) atoms. The number of nitrogens with zero attached hydrogens (tertiary/aromatic N) is 6. The molecular formula is C44H34MnN8. The Kier molecular flexibility index (Phi) is 8.74. The van der Waals surface area contributed by atoms with E-state index in [1.807, 2.05) is 58.6 Å². The van der Waals surface area contributed by atoms with Crippen LogP contribution in [-0.4, -0.2) is 39.9 Å². The SMILES string of the molecule is Cc1cc(C2=Cc3cc4ccc(cc5nc(cc6[nH]c(c(-c7ccnc(C)c7)c2n3)c(-c2ccnc(C)c2)c6-c2ccnc(C)c2)C=C5)[nH]4)ccn1.[Mn]. The third-order valence-corrected chi connectivity index (χ3v) is 9.38. The van der Waals surface area contributed by atoms with Crippen LogP contribution >= 0.6 is 0 Å². The molecule has 0 saturated carbocycles. The van der Waals surface area contributed by atoms with Gasteiger partial charge in [-0.05, 0) is 147 Å². The minimum Gasteiger partial charge on any atom is -0.355 e. The molecule has 8 bridgehead atoms. The molecule has 2 aliphatic heterocycles. The maximum Gasteiger partial charge on any atom is 0.0815 e. The molecule has 0 saturated heterocycles. The number of pyridine rings is 4. The fourth-order valence-electron chi connectivity index (χ4n) is 7.16. The number of nitrogens with one attached hydrogen (secondary N) is 2. The molecule has 257 valence electrons. The van der Waals surface area contributed by atoms with E-state index in [1.165, 1.54) is 0 Å². The van der Waals surface area contributed by atoms with Gasteiger partial charge in [0.15, 0.2) is 0 Å². The van der Waals surface area contributed by atoms with Crippen LogP contribution in [-0.2, 0) is 17.1 Å². The van der Waals surface area contributed by atoms with Gasteiger partial charge in [-0.1, -0.05) is 0 Å². The van der Waals surface area contributed by atoms with Gasteiger partial charge in [0, 0.05) is 103 Å². The van der Waals surface area contributed by atoms with Crippen LogP contribution in [0.15, 0.2) is 104 Å². The van der Waals surface area contributed by atoms with Crippen molar-refractivity contribution in [2.24, 2.45) is 0 Å². The van der Waals surface area contributed by atoms with Gasteiger partial charge in [0.25, 0.3) is 0 Å². The first-order chi connectivity index (χ1) is 25.3.